The van der Waals surface area contributed by atoms with Gasteiger partial charge in [0.2, 0.25) is 10.0 Å². The van der Waals surface area contributed by atoms with Crippen LogP contribution in [-0.2, 0) is 16.6 Å². The zero-order chi connectivity index (χ0) is 16.6. The van der Waals surface area contributed by atoms with Crippen LogP contribution in [0, 0.1) is 0 Å². The molecule has 0 aliphatic carbocycles. The lowest BCUT2D eigenvalue weighted by Gasteiger charge is -2.18. The largest absolute Gasteiger partial charge is 0.364 e. The van der Waals surface area contributed by atoms with Crippen LogP contribution in [0.25, 0.3) is 5.52 Å². The van der Waals surface area contributed by atoms with Crippen LogP contribution in [-0.4, -0.2) is 35.1 Å². The molecule has 1 aromatic carbocycles. The molecule has 3 heterocycles. The van der Waals surface area contributed by atoms with E-state index in [1.165, 1.54) is 4.31 Å². The van der Waals surface area contributed by atoms with E-state index in [0.717, 1.165) is 22.6 Å². The summed E-state index contributed by atoms with van der Waals surface area (Å²) in [5, 5.41) is 3.29. The van der Waals surface area contributed by atoms with E-state index in [-0.39, 0.29) is 5.75 Å². The number of hydrogen-bond donors (Lipinski definition) is 1. The molecule has 4 rings (SSSR count). The molecule has 0 spiro atoms. The minimum Gasteiger partial charge on any atom is -0.364 e. The summed E-state index contributed by atoms with van der Waals surface area (Å²) in [6.45, 7) is 1.11. The Hall–Kier alpha value is -2.61. The highest BCUT2D eigenvalue weighted by atomic mass is 32.2. The smallest absolute Gasteiger partial charge is 0.235 e. The second-order valence-electron chi connectivity index (χ2n) is 5.73. The zero-order valence-corrected chi connectivity index (χ0v) is 13.8. The van der Waals surface area contributed by atoms with Gasteiger partial charge in [-0.25, -0.2) is 18.4 Å². The first-order valence-corrected chi connectivity index (χ1v) is 9.34. The first-order valence-electron chi connectivity index (χ1n) is 7.73. The minimum absolute atomic E-state index is 0.225. The van der Waals surface area contributed by atoms with Crippen LogP contribution in [0.1, 0.15) is 12.0 Å². The molecule has 124 valence electrons. The number of sulfonamides is 1. The number of nitrogens with zero attached hydrogens (tertiary/aromatic N) is 4. The molecule has 2 aromatic heterocycles. The van der Waals surface area contributed by atoms with Gasteiger partial charge in [0.1, 0.15) is 5.52 Å². The van der Waals surface area contributed by atoms with Gasteiger partial charge < -0.3 is 9.72 Å². The Kier molecular flexibility index (Phi) is 3.61. The van der Waals surface area contributed by atoms with Crippen LogP contribution in [0.15, 0.2) is 49.2 Å². The third-order valence-electron chi connectivity index (χ3n) is 4.10. The molecule has 1 aliphatic rings. The third-order valence-corrected chi connectivity index (χ3v) is 5.97. The van der Waals surface area contributed by atoms with Crippen molar-refractivity contribution in [2.24, 2.45) is 0 Å². The molecule has 0 unspecified atom stereocenters. The van der Waals surface area contributed by atoms with Gasteiger partial charge in [0.15, 0.2) is 5.82 Å². The average molecular weight is 343 g/mol. The lowest BCUT2D eigenvalue weighted by Crippen LogP contribution is -2.25. The number of imidazole rings is 1. The van der Waals surface area contributed by atoms with Gasteiger partial charge in [-0.15, -0.1) is 0 Å². The van der Waals surface area contributed by atoms with Gasteiger partial charge in [-0.1, -0.05) is 12.1 Å². The highest BCUT2D eigenvalue weighted by Crippen LogP contribution is 2.25. The van der Waals surface area contributed by atoms with E-state index in [1.807, 2.05) is 34.9 Å². The van der Waals surface area contributed by atoms with E-state index in [9.17, 15) is 8.42 Å². The first-order chi connectivity index (χ1) is 11.6. The first kappa shape index (κ1) is 14.9. The van der Waals surface area contributed by atoms with Crippen LogP contribution < -0.4 is 9.62 Å². The van der Waals surface area contributed by atoms with Crippen LogP contribution in [0.5, 0.6) is 0 Å². The quantitative estimate of drug-likeness (QED) is 0.782. The molecular formula is C16H17N5O2S. The van der Waals surface area contributed by atoms with Crippen molar-refractivity contribution in [3.8, 4) is 0 Å². The van der Waals surface area contributed by atoms with Crippen molar-refractivity contribution in [2.75, 3.05) is 21.9 Å². The van der Waals surface area contributed by atoms with E-state index in [2.05, 4.69) is 15.3 Å². The van der Waals surface area contributed by atoms with Gasteiger partial charge in [0.05, 0.1) is 24.0 Å². The molecule has 3 aromatic rings. The Labute approximate surface area is 140 Å². The van der Waals surface area contributed by atoms with Crippen LogP contribution in [0.2, 0.25) is 0 Å². The van der Waals surface area contributed by atoms with Crippen molar-refractivity contribution in [3.05, 3.63) is 54.7 Å². The molecule has 1 aliphatic heterocycles. The summed E-state index contributed by atoms with van der Waals surface area (Å²) in [6.07, 6.45) is 7.71. The Bertz CT molecular complexity index is 983. The summed E-state index contributed by atoms with van der Waals surface area (Å²) < 4.78 is 27.5. The number of benzene rings is 1. The molecule has 1 saturated heterocycles. The molecule has 0 saturated carbocycles. The Balaban J connectivity index is 1.55. The summed E-state index contributed by atoms with van der Waals surface area (Å²) in [6, 6.07) is 7.59. The second-order valence-corrected chi connectivity index (χ2v) is 7.74. The minimum atomic E-state index is -3.16. The summed E-state index contributed by atoms with van der Waals surface area (Å²) in [5.74, 6) is 0.969. The number of hydrogen-bond acceptors (Lipinski definition) is 5. The Morgan fingerprint density at radius 3 is 3.04 bits per heavy atom. The number of fused-ring (bicyclic) bond motifs is 1. The summed E-state index contributed by atoms with van der Waals surface area (Å²) in [7, 11) is -3.16. The summed E-state index contributed by atoms with van der Waals surface area (Å²) in [4.78, 5) is 8.45. The standard InChI is InChI=1S/C16H17N5O2S/c22-24(23)8-2-6-21(24)14-4-1-3-13(9-14)10-19-16-15-11-17-12-20(15)7-5-18-16/h1,3-5,7,9,11-12H,2,6,8,10H2,(H,18,19). The van der Waals surface area contributed by atoms with Gasteiger partial charge in [-0.3, -0.25) is 4.31 Å². The number of aromatic nitrogens is 3. The topological polar surface area (TPSA) is 79.6 Å². The maximum atomic E-state index is 12.1. The molecule has 7 nitrogen and oxygen atoms in total. The van der Waals surface area contributed by atoms with Crippen LogP contribution in [0.3, 0.4) is 0 Å². The van der Waals surface area contributed by atoms with Gasteiger partial charge in [-0.05, 0) is 24.1 Å². The van der Waals surface area contributed by atoms with E-state index in [4.69, 9.17) is 0 Å². The Morgan fingerprint density at radius 2 is 2.21 bits per heavy atom. The fraction of sp³-hybridized carbons (Fsp3) is 0.250. The monoisotopic (exact) mass is 343 g/mol. The summed E-state index contributed by atoms with van der Waals surface area (Å²) >= 11 is 0. The molecular weight excluding hydrogens is 326 g/mol. The van der Waals surface area contributed by atoms with E-state index < -0.39 is 10.0 Å². The average Bonchev–Trinajstić information content (AvgIpc) is 3.19. The predicted molar refractivity (Wildman–Crippen MR) is 92.5 cm³/mol. The Morgan fingerprint density at radius 1 is 1.29 bits per heavy atom. The van der Waals surface area contributed by atoms with Crippen LogP contribution >= 0.6 is 0 Å². The lowest BCUT2D eigenvalue weighted by atomic mass is 10.2. The number of rotatable bonds is 4. The van der Waals surface area contributed by atoms with E-state index >= 15 is 0 Å². The maximum absolute atomic E-state index is 12.1. The predicted octanol–water partition coefficient (Wildman–Crippen LogP) is 1.88. The van der Waals surface area contributed by atoms with Crippen LogP contribution in [0.4, 0.5) is 11.5 Å². The number of nitrogens with one attached hydrogen (secondary N) is 1. The molecule has 8 heteroatoms. The van der Waals surface area contributed by atoms with Crippen molar-refractivity contribution in [1.29, 1.82) is 0 Å². The molecule has 0 bridgehead atoms. The van der Waals surface area contributed by atoms with Crippen molar-refractivity contribution in [1.82, 2.24) is 14.4 Å². The highest BCUT2D eigenvalue weighted by molar-refractivity contribution is 7.93. The molecule has 1 N–H and O–H groups in total. The fourth-order valence-electron chi connectivity index (χ4n) is 2.93. The van der Waals surface area contributed by atoms with E-state index in [1.54, 1.807) is 18.7 Å². The normalized spacial score (nSPS) is 16.6. The van der Waals surface area contributed by atoms with Gasteiger partial charge in [0.25, 0.3) is 0 Å². The number of anilines is 2. The molecule has 24 heavy (non-hydrogen) atoms. The third kappa shape index (κ3) is 2.69. The van der Waals surface area contributed by atoms with Crippen molar-refractivity contribution < 1.29 is 8.42 Å². The SMILES string of the molecule is O=S1(=O)CCCN1c1cccc(CNc2nccn3cncc23)c1. The zero-order valence-electron chi connectivity index (χ0n) is 13.0. The van der Waals surface area contributed by atoms with Gasteiger partial charge in [0, 0.05) is 25.5 Å². The van der Waals surface area contributed by atoms with Crippen molar-refractivity contribution in [3.63, 3.8) is 0 Å². The van der Waals surface area contributed by atoms with Crippen molar-refractivity contribution in [2.45, 2.75) is 13.0 Å². The van der Waals surface area contributed by atoms with E-state index in [0.29, 0.717) is 19.5 Å². The molecule has 1 fully saturated rings. The summed E-state index contributed by atoms with van der Waals surface area (Å²) in [5.41, 5.74) is 2.62. The molecule has 0 radical (unpaired) electrons. The van der Waals surface area contributed by atoms with Crippen molar-refractivity contribution >= 4 is 27.0 Å². The molecule has 0 atom stereocenters. The van der Waals surface area contributed by atoms with Gasteiger partial charge in [-0.2, -0.15) is 0 Å². The molecule has 0 amide bonds. The lowest BCUT2D eigenvalue weighted by molar-refractivity contribution is 0.599. The maximum Gasteiger partial charge on any atom is 0.235 e. The second kappa shape index (κ2) is 5.79. The highest BCUT2D eigenvalue weighted by Gasteiger charge is 2.28. The fourth-order valence-corrected chi connectivity index (χ4v) is 4.48. The van der Waals surface area contributed by atoms with Gasteiger partial charge >= 0.3 is 0 Å².